The number of rotatable bonds is 8. The van der Waals surface area contributed by atoms with E-state index in [2.05, 4.69) is 6.92 Å². The fourth-order valence-electron chi connectivity index (χ4n) is 6.33. The second kappa shape index (κ2) is 11.0. The van der Waals surface area contributed by atoms with Crippen molar-refractivity contribution < 1.29 is 13.5 Å². The Bertz CT molecular complexity index is 876. The van der Waals surface area contributed by atoms with Gasteiger partial charge in [-0.1, -0.05) is 64.4 Å². The van der Waals surface area contributed by atoms with Crippen LogP contribution in [0, 0.1) is 29.4 Å². The quantitative estimate of drug-likeness (QED) is 0.396. The van der Waals surface area contributed by atoms with Gasteiger partial charge in [-0.25, -0.2) is 8.78 Å². The summed E-state index contributed by atoms with van der Waals surface area (Å²) in [5.41, 5.74) is 0.576. The summed E-state index contributed by atoms with van der Waals surface area (Å²) in [5.74, 6) is 2.02. The lowest BCUT2D eigenvalue weighted by molar-refractivity contribution is 0.223. The summed E-state index contributed by atoms with van der Waals surface area (Å²) in [5, 5.41) is 1.09. The SMILES string of the molecule is CCCC1CCC(CCC2CCC(c3cc4ccc(OCC)cc4c(F)c3F)CC2)CC1. The molecule has 4 rings (SSSR count). The Hall–Kier alpha value is -1.64. The Morgan fingerprint density at radius 3 is 1.94 bits per heavy atom. The van der Waals surface area contributed by atoms with Crippen LogP contribution in [0.1, 0.15) is 102 Å². The summed E-state index contributed by atoms with van der Waals surface area (Å²) in [4.78, 5) is 0. The largest absolute Gasteiger partial charge is 0.494 e. The molecule has 2 aromatic rings. The maximum absolute atomic E-state index is 15.0. The Kier molecular flexibility index (Phi) is 8.07. The fraction of sp³-hybridized carbons (Fsp3) is 0.655. The van der Waals surface area contributed by atoms with Gasteiger partial charge in [0.25, 0.3) is 0 Å². The first-order chi connectivity index (χ1) is 15.6. The molecule has 0 unspecified atom stereocenters. The third-order valence-corrected chi connectivity index (χ3v) is 8.26. The number of fused-ring (bicyclic) bond motifs is 1. The van der Waals surface area contributed by atoms with Crippen LogP contribution in [0.5, 0.6) is 5.75 Å². The van der Waals surface area contributed by atoms with Gasteiger partial charge in [0.15, 0.2) is 11.6 Å². The normalized spacial score (nSPS) is 26.4. The summed E-state index contributed by atoms with van der Waals surface area (Å²) in [7, 11) is 0. The van der Waals surface area contributed by atoms with Crippen LogP contribution < -0.4 is 4.74 Å². The number of halogens is 2. The van der Waals surface area contributed by atoms with Crippen molar-refractivity contribution >= 4 is 10.8 Å². The molecule has 3 heteroatoms. The van der Waals surface area contributed by atoms with Gasteiger partial charge in [-0.2, -0.15) is 0 Å². The molecule has 0 spiro atoms. The predicted molar refractivity (Wildman–Crippen MR) is 129 cm³/mol. The van der Waals surface area contributed by atoms with Gasteiger partial charge in [-0.05, 0) is 85.4 Å². The molecule has 0 amide bonds. The van der Waals surface area contributed by atoms with Crippen molar-refractivity contribution in [2.75, 3.05) is 6.61 Å². The van der Waals surface area contributed by atoms with E-state index in [4.69, 9.17) is 4.74 Å². The van der Waals surface area contributed by atoms with Gasteiger partial charge in [0.1, 0.15) is 5.75 Å². The molecule has 32 heavy (non-hydrogen) atoms. The van der Waals surface area contributed by atoms with E-state index in [1.165, 1.54) is 51.4 Å². The number of hydrogen-bond donors (Lipinski definition) is 0. The van der Waals surface area contributed by atoms with Crippen LogP contribution in [0.4, 0.5) is 8.78 Å². The second-order valence-electron chi connectivity index (χ2n) is 10.4. The van der Waals surface area contributed by atoms with E-state index >= 15 is 0 Å². The molecule has 2 aliphatic rings. The monoisotopic (exact) mass is 442 g/mol. The lowest BCUT2D eigenvalue weighted by atomic mass is 9.74. The highest BCUT2D eigenvalue weighted by Crippen LogP contribution is 2.42. The van der Waals surface area contributed by atoms with Gasteiger partial charge in [-0.3, -0.25) is 0 Å². The molecule has 0 heterocycles. The molecule has 1 nitrogen and oxygen atoms in total. The topological polar surface area (TPSA) is 9.23 Å². The van der Waals surface area contributed by atoms with Crippen LogP contribution in [0.3, 0.4) is 0 Å². The summed E-state index contributed by atoms with van der Waals surface area (Å²) in [6, 6.07) is 7.20. The maximum atomic E-state index is 15.0. The third kappa shape index (κ3) is 5.46. The van der Waals surface area contributed by atoms with Crippen LogP contribution in [-0.4, -0.2) is 6.61 Å². The number of ether oxygens (including phenoxy) is 1. The molecule has 0 N–H and O–H groups in total. The zero-order valence-corrected chi connectivity index (χ0v) is 20.0. The van der Waals surface area contributed by atoms with E-state index in [1.54, 1.807) is 6.07 Å². The van der Waals surface area contributed by atoms with Crippen LogP contribution >= 0.6 is 0 Å². The predicted octanol–water partition coefficient (Wildman–Crippen LogP) is 9.18. The molecule has 2 saturated carbocycles. The minimum absolute atomic E-state index is 0.140. The number of hydrogen-bond acceptors (Lipinski definition) is 1. The Morgan fingerprint density at radius 2 is 1.34 bits per heavy atom. The average Bonchev–Trinajstić information content (AvgIpc) is 2.82. The van der Waals surface area contributed by atoms with Gasteiger partial charge < -0.3 is 4.74 Å². The summed E-state index contributed by atoms with van der Waals surface area (Å²) >= 11 is 0. The van der Waals surface area contributed by atoms with Gasteiger partial charge in [-0.15, -0.1) is 0 Å². The third-order valence-electron chi connectivity index (χ3n) is 8.26. The van der Waals surface area contributed by atoms with Crippen molar-refractivity contribution in [3.8, 4) is 5.75 Å². The minimum Gasteiger partial charge on any atom is -0.494 e. The van der Waals surface area contributed by atoms with E-state index in [1.807, 2.05) is 25.1 Å². The first-order valence-electron chi connectivity index (χ1n) is 13.1. The second-order valence-corrected chi connectivity index (χ2v) is 10.4. The highest BCUT2D eigenvalue weighted by Gasteiger charge is 2.28. The Morgan fingerprint density at radius 1 is 0.750 bits per heavy atom. The van der Waals surface area contributed by atoms with E-state index in [9.17, 15) is 8.78 Å². The zero-order valence-electron chi connectivity index (χ0n) is 20.0. The van der Waals surface area contributed by atoms with Crippen LogP contribution in [0.2, 0.25) is 0 Å². The first kappa shape index (κ1) is 23.5. The fourth-order valence-corrected chi connectivity index (χ4v) is 6.33. The van der Waals surface area contributed by atoms with Crippen molar-refractivity contribution in [3.05, 3.63) is 41.5 Å². The first-order valence-corrected chi connectivity index (χ1v) is 13.1. The number of benzene rings is 2. The Balaban J connectivity index is 1.32. The zero-order chi connectivity index (χ0) is 22.5. The molecule has 0 radical (unpaired) electrons. The minimum atomic E-state index is -0.722. The van der Waals surface area contributed by atoms with E-state index in [0.717, 1.165) is 48.8 Å². The highest BCUT2D eigenvalue weighted by molar-refractivity contribution is 5.85. The summed E-state index contributed by atoms with van der Waals surface area (Å²) < 4.78 is 35.3. The smallest absolute Gasteiger partial charge is 0.167 e. The van der Waals surface area contributed by atoms with Gasteiger partial charge in [0.05, 0.1) is 6.61 Å². The average molecular weight is 443 g/mol. The summed E-state index contributed by atoms with van der Waals surface area (Å²) in [6.45, 7) is 4.70. The van der Waals surface area contributed by atoms with Crippen LogP contribution in [0.15, 0.2) is 24.3 Å². The molecule has 0 aliphatic heterocycles. The molecule has 0 bridgehead atoms. The lowest BCUT2D eigenvalue weighted by Crippen LogP contribution is -2.18. The molecule has 2 aliphatic carbocycles. The van der Waals surface area contributed by atoms with Crippen LogP contribution in [-0.2, 0) is 0 Å². The maximum Gasteiger partial charge on any atom is 0.167 e. The van der Waals surface area contributed by atoms with Crippen LogP contribution in [0.25, 0.3) is 10.8 Å². The van der Waals surface area contributed by atoms with E-state index < -0.39 is 11.6 Å². The summed E-state index contributed by atoms with van der Waals surface area (Å²) in [6.07, 6.45) is 15.4. The van der Waals surface area contributed by atoms with Gasteiger partial charge in [0.2, 0.25) is 0 Å². The standard InChI is InChI=1S/C29H40F2O/c1-3-5-20-6-8-21(9-7-20)10-11-22-12-14-23(15-13-22)26-18-24-16-17-25(32-4-2)19-27(24)29(31)28(26)30/h16-23H,3-15H2,1-2H3. The van der Waals surface area contributed by atoms with Crippen molar-refractivity contribution in [3.63, 3.8) is 0 Å². The van der Waals surface area contributed by atoms with Gasteiger partial charge in [0, 0.05) is 5.39 Å². The van der Waals surface area contributed by atoms with Crippen molar-refractivity contribution in [2.45, 2.75) is 96.8 Å². The molecular weight excluding hydrogens is 402 g/mol. The van der Waals surface area contributed by atoms with Gasteiger partial charge >= 0.3 is 0 Å². The Labute approximate surface area is 192 Å². The molecule has 0 atom stereocenters. The van der Waals surface area contributed by atoms with E-state index in [0.29, 0.717) is 23.3 Å². The molecule has 0 aromatic heterocycles. The highest BCUT2D eigenvalue weighted by atomic mass is 19.2. The van der Waals surface area contributed by atoms with Crippen molar-refractivity contribution in [2.24, 2.45) is 17.8 Å². The molecule has 2 aromatic carbocycles. The molecule has 176 valence electrons. The molecule has 2 fully saturated rings. The molecule has 0 saturated heterocycles. The molecular formula is C29H40F2O. The van der Waals surface area contributed by atoms with Crippen molar-refractivity contribution in [1.29, 1.82) is 0 Å². The van der Waals surface area contributed by atoms with Crippen molar-refractivity contribution in [1.82, 2.24) is 0 Å². The lowest BCUT2D eigenvalue weighted by Gasteiger charge is -2.32. The van der Waals surface area contributed by atoms with E-state index in [-0.39, 0.29) is 5.92 Å².